The zero-order valence-corrected chi connectivity index (χ0v) is 10.8. The minimum Gasteiger partial charge on any atom is -0.382 e. The van der Waals surface area contributed by atoms with Crippen LogP contribution in [0.1, 0.15) is 11.1 Å². The van der Waals surface area contributed by atoms with E-state index in [1.165, 1.54) is 0 Å². The molecule has 1 rings (SSSR count). The predicted octanol–water partition coefficient (Wildman–Crippen LogP) is 2.77. The van der Waals surface area contributed by atoms with Gasteiger partial charge in [-0.25, -0.2) is 0 Å². The summed E-state index contributed by atoms with van der Waals surface area (Å²) in [5.74, 6) is 0. The minimum absolute atomic E-state index is 0.272. The van der Waals surface area contributed by atoms with Gasteiger partial charge < -0.3 is 10.4 Å². The molecule has 0 heterocycles. The Kier molecular flexibility index (Phi) is 4.97. The zero-order chi connectivity index (χ0) is 13.1. The fourth-order valence-electron chi connectivity index (χ4n) is 1.25. The molecule has 2 nitrogen and oxygen atoms in total. The lowest BCUT2D eigenvalue weighted by molar-refractivity contribution is -0.201. The Morgan fingerprint density at radius 2 is 2.06 bits per heavy atom. The maximum absolute atomic E-state index is 12.0. The molecule has 0 saturated heterocycles. The average molecular weight is 312 g/mol. The SMILES string of the molecule is Cc1ccc(CNCC(O)C(F)(F)F)c(Br)c1. The summed E-state index contributed by atoms with van der Waals surface area (Å²) in [4.78, 5) is 0. The number of hydrogen-bond donors (Lipinski definition) is 2. The largest absolute Gasteiger partial charge is 0.415 e. The molecule has 0 aliphatic carbocycles. The van der Waals surface area contributed by atoms with Crippen molar-refractivity contribution in [3.63, 3.8) is 0 Å². The lowest BCUT2D eigenvalue weighted by Gasteiger charge is -2.15. The monoisotopic (exact) mass is 311 g/mol. The smallest absolute Gasteiger partial charge is 0.382 e. The summed E-state index contributed by atoms with van der Waals surface area (Å²) in [5, 5.41) is 11.3. The first-order valence-corrected chi connectivity index (χ1v) is 5.80. The van der Waals surface area contributed by atoms with Gasteiger partial charge in [0, 0.05) is 17.6 Å². The third-order valence-electron chi connectivity index (χ3n) is 2.24. The van der Waals surface area contributed by atoms with Crippen molar-refractivity contribution in [2.24, 2.45) is 0 Å². The van der Waals surface area contributed by atoms with Gasteiger partial charge in [0.05, 0.1) is 0 Å². The van der Waals surface area contributed by atoms with Crippen LogP contribution in [0.5, 0.6) is 0 Å². The molecule has 96 valence electrons. The van der Waals surface area contributed by atoms with E-state index in [-0.39, 0.29) is 6.54 Å². The summed E-state index contributed by atoms with van der Waals surface area (Å²) in [5.41, 5.74) is 1.92. The number of halogens is 4. The highest BCUT2D eigenvalue weighted by Gasteiger charge is 2.37. The number of nitrogens with one attached hydrogen (secondary N) is 1. The molecule has 0 amide bonds. The molecule has 0 bridgehead atoms. The van der Waals surface area contributed by atoms with Crippen molar-refractivity contribution in [1.82, 2.24) is 5.32 Å². The normalized spacial score (nSPS) is 13.8. The molecule has 2 N–H and O–H groups in total. The van der Waals surface area contributed by atoms with Crippen molar-refractivity contribution in [2.75, 3.05) is 6.54 Å². The molecule has 0 saturated carbocycles. The lowest BCUT2D eigenvalue weighted by Crippen LogP contribution is -2.38. The molecule has 0 aliphatic rings. The van der Waals surface area contributed by atoms with E-state index in [0.29, 0.717) is 0 Å². The van der Waals surface area contributed by atoms with Gasteiger partial charge in [-0.3, -0.25) is 0 Å². The second-order valence-electron chi connectivity index (χ2n) is 3.78. The molecule has 0 aliphatic heterocycles. The molecule has 0 radical (unpaired) electrons. The van der Waals surface area contributed by atoms with E-state index in [0.717, 1.165) is 15.6 Å². The van der Waals surface area contributed by atoms with Crippen molar-refractivity contribution < 1.29 is 18.3 Å². The topological polar surface area (TPSA) is 32.3 Å². The molecule has 17 heavy (non-hydrogen) atoms. The van der Waals surface area contributed by atoms with E-state index in [9.17, 15) is 13.2 Å². The van der Waals surface area contributed by atoms with Crippen LogP contribution < -0.4 is 5.32 Å². The van der Waals surface area contributed by atoms with Gasteiger partial charge in [-0.15, -0.1) is 0 Å². The molecular weight excluding hydrogens is 299 g/mol. The summed E-state index contributed by atoms with van der Waals surface area (Å²) >= 11 is 3.33. The van der Waals surface area contributed by atoms with E-state index in [1.807, 2.05) is 25.1 Å². The Morgan fingerprint density at radius 3 is 2.59 bits per heavy atom. The quantitative estimate of drug-likeness (QED) is 0.896. The highest BCUT2D eigenvalue weighted by atomic mass is 79.9. The Morgan fingerprint density at radius 1 is 1.41 bits per heavy atom. The third kappa shape index (κ3) is 4.65. The highest BCUT2D eigenvalue weighted by Crippen LogP contribution is 2.20. The summed E-state index contributed by atoms with van der Waals surface area (Å²) in [7, 11) is 0. The number of rotatable bonds is 4. The molecule has 1 unspecified atom stereocenters. The molecule has 6 heteroatoms. The first-order valence-electron chi connectivity index (χ1n) is 5.01. The molecule has 0 aromatic heterocycles. The fraction of sp³-hybridized carbons (Fsp3) is 0.455. The van der Waals surface area contributed by atoms with Crippen LogP contribution >= 0.6 is 15.9 Å². The summed E-state index contributed by atoms with van der Waals surface area (Å²) < 4.78 is 36.9. The maximum Gasteiger partial charge on any atom is 0.415 e. The Hall–Kier alpha value is -0.590. The van der Waals surface area contributed by atoms with Crippen LogP contribution in [-0.4, -0.2) is 23.9 Å². The van der Waals surface area contributed by atoms with Crippen molar-refractivity contribution in [1.29, 1.82) is 0 Å². The van der Waals surface area contributed by atoms with Gasteiger partial charge in [-0.2, -0.15) is 13.2 Å². The number of alkyl halides is 3. The van der Waals surface area contributed by atoms with Gasteiger partial charge in [0.2, 0.25) is 0 Å². The standard InChI is InChI=1S/C11H13BrF3NO/c1-7-2-3-8(9(12)4-7)5-16-6-10(17)11(13,14)15/h2-4,10,16-17H,5-6H2,1H3. The third-order valence-corrected chi connectivity index (χ3v) is 2.98. The predicted molar refractivity (Wildman–Crippen MR) is 62.6 cm³/mol. The van der Waals surface area contributed by atoms with Gasteiger partial charge in [0.25, 0.3) is 0 Å². The zero-order valence-electron chi connectivity index (χ0n) is 9.18. The number of hydrogen-bond acceptors (Lipinski definition) is 2. The van der Waals surface area contributed by atoms with Crippen LogP contribution in [0.15, 0.2) is 22.7 Å². The van der Waals surface area contributed by atoms with Crippen LogP contribution in [0.3, 0.4) is 0 Å². The van der Waals surface area contributed by atoms with Crippen molar-refractivity contribution >= 4 is 15.9 Å². The molecule has 1 aromatic carbocycles. The van der Waals surface area contributed by atoms with Crippen LogP contribution in [0.25, 0.3) is 0 Å². The number of aliphatic hydroxyl groups is 1. The van der Waals surface area contributed by atoms with E-state index >= 15 is 0 Å². The summed E-state index contributed by atoms with van der Waals surface area (Å²) in [6, 6.07) is 5.59. The maximum atomic E-state index is 12.0. The van der Waals surface area contributed by atoms with Gasteiger partial charge in [0.1, 0.15) is 0 Å². The Labute approximate surface area is 106 Å². The summed E-state index contributed by atoms with van der Waals surface area (Å²) in [6.45, 7) is 1.69. The van der Waals surface area contributed by atoms with E-state index in [2.05, 4.69) is 21.2 Å². The minimum atomic E-state index is -4.57. The van der Waals surface area contributed by atoms with Crippen LogP contribution in [-0.2, 0) is 6.54 Å². The molecule has 0 spiro atoms. The van der Waals surface area contributed by atoms with E-state index < -0.39 is 18.8 Å². The van der Waals surface area contributed by atoms with Crippen LogP contribution in [0.2, 0.25) is 0 Å². The fourth-order valence-corrected chi connectivity index (χ4v) is 1.89. The first kappa shape index (κ1) is 14.5. The Balaban J connectivity index is 2.46. The molecule has 0 fully saturated rings. The van der Waals surface area contributed by atoms with Gasteiger partial charge in [-0.1, -0.05) is 28.1 Å². The molecule has 1 atom stereocenters. The average Bonchev–Trinajstić information content (AvgIpc) is 2.19. The van der Waals surface area contributed by atoms with Gasteiger partial charge in [0.15, 0.2) is 6.10 Å². The number of benzene rings is 1. The second kappa shape index (κ2) is 5.84. The van der Waals surface area contributed by atoms with E-state index in [4.69, 9.17) is 5.11 Å². The first-order chi connectivity index (χ1) is 7.80. The summed E-state index contributed by atoms with van der Waals surface area (Å²) in [6.07, 6.45) is -6.90. The van der Waals surface area contributed by atoms with E-state index in [1.54, 1.807) is 0 Å². The van der Waals surface area contributed by atoms with Crippen LogP contribution in [0, 0.1) is 6.92 Å². The molecular formula is C11H13BrF3NO. The van der Waals surface area contributed by atoms with Crippen molar-refractivity contribution in [3.8, 4) is 0 Å². The number of aliphatic hydroxyl groups excluding tert-OH is 1. The van der Waals surface area contributed by atoms with Gasteiger partial charge in [-0.05, 0) is 24.1 Å². The lowest BCUT2D eigenvalue weighted by atomic mass is 10.1. The van der Waals surface area contributed by atoms with Crippen molar-refractivity contribution in [3.05, 3.63) is 33.8 Å². The Bertz CT molecular complexity index is 381. The second-order valence-corrected chi connectivity index (χ2v) is 4.64. The highest BCUT2D eigenvalue weighted by molar-refractivity contribution is 9.10. The van der Waals surface area contributed by atoms with Crippen LogP contribution in [0.4, 0.5) is 13.2 Å². The van der Waals surface area contributed by atoms with Gasteiger partial charge >= 0.3 is 6.18 Å². The molecule has 1 aromatic rings. The number of aryl methyl sites for hydroxylation is 1. The van der Waals surface area contributed by atoms with Crippen molar-refractivity contribution in [2.45, 2.75) is 25.7 Å².